The second-order valence-electron chi connectivity index (χ2n) is 6.03. The molecular formula is C14H22N2O2. The van der Waals surface area contributed by atoms with Crippen LogP contribution in [0.15, 0.2) is 0 Å². The Balaban J connectivity index is 1.60. The largest absolute Gasteiger partial charge is 0.326 e. The predicted molar refractivity (Wildman–Crippen MR) is 68.0 cm³/mol. The first-order valence-corrected chi connectivity index (χ1v) is 7.39. The van der Waals surface area contributed by atoms with Crippen LogP contribution in [0.1, 0.15) is 57.8 Å². The first-order valence-electron chi connectivity index (χ1n) is 7.39. The molecule has 3 amide bonds. The van der Waals surface area contributed by atoms with Crippen molar-refractivity contribution in [3.63, 3.8) is 0 Å². The summed E-state index contributed by atoms with van der Waals surface area (Å²) < 4.78 is 0. The highest BCUT2D eigenvalue weighted by Gasteiger charge is 2.44. The molecule has 3 aliphatic rings. The lowest BCUT2D eigenvalue weighted by Gasteiger charge is -2.32. The fourth-order valence-corrected chi connectivity index (χ4v) is 3.45. The van der Waals surface area contributed by atoms with E-state index < -0.39 is 0 Å². The van der Waals surface area contributed by atoms with Gasteiger partial charge in [0.1, 0.15) is 6.04 Å². The highest BCUT2D eigenvalue weighted by atomic mass is 16.2. The number of hydrogen-bond donors (Lipinski definition) is 1. The molecule has 0 aromatic rings. The van der Waals surface area contributed by atoms with Crippen molar-refractivity contribution in [2.75, 3.05) is 0 Å². The smallest absolute Gasteiger partial charge is 0.325 e. The molecule has 1 unspecified atom stereocenters. The zero-order chi connectivity index (χ0) is 12.5. The summed E-state index contributed by atoms with van der Waals surface area (Å²) in [6.45, 7) is 0. The maximum absolute atomic E-state index is 12.3. The minimum absolute atomic E-state index is 0.0373. The number of nitrogens with zero attached hydrogens (tertiary/aromatic N) is 1. The zero-order valence-electron chi connectivity index (χ0n) is 10.9. The van der Waals surface area contributed by atoms with Gasteiger partial charge in [-0.15, -0.1) is 0 Å². The third-order valence-electron chi connectivity index (χ3n) is 4.79. The molecule has 1 N–H and O–H groups in total. The molecule has 1 saturated heterocycles. The van der Waals surface area contributed by atoms with E-state index in [9.17, 15) is 9.59 Å². The Kier molecular flexibility index (Phi) is 3.27. The predicted octanol–water partition coefficient (Wildman–Crippen LogP) is 2.43. The van der Waals surface area contributed by atoms with Crippen LogP contribution < -0.4 is 5.32 Å². The molecule has 18 heavy (non-hydrogen) atoms. The molecule has 2 aliphatic carbocycles. The van der Waals surface area contributed by atoms with Crippen molar-refractivity contribution < 1.29 is 9.59 Å². The van der Waals surface area contributed by atoms with Crippen molar-refractivity contribution in [1.29, 1.82) is 0 Å². The van der Waals surface area contributed by atoms with Gasteiger partial charge in [0.15, 0.2) is 0 Å². The van der Waals surface area contributed by atoms with E-state index in [1.54, 1.807) is 0 Å². The molecule has 2 saturated carbocycles. The van der Waals surface area contributed by atoms with Crippen molar-refractivity contribution >= 4 is 11.9 Å². The number of urea groups is 1. The van der Waals surface area contributed by atoms with Gasteiger partial charge in [0.2, 0.25) is 0 Å². The highest BCUT2D eigenvalue weighted by Crippen LogP contribution is 2.31. The highest BCUT2D eigenvalue weighted by molar-refractivity contribution is 6.04. The number of imide groups is 1. The van der Waals surface area contributed by atoms with Gasteiger partial charge in [0.05, 0.1) is 0 Å². The number of nitrogens with one attached hydrogen (secondary N) is 1. The molecule has 4 heteroatoms. The summed E-state index contributed by atoms with van der Waals surface area (Å²) in [6, 6.07) is -0.194. The van der Waals surface area contributed by atoms with Gasteiger partial charge >= 0.3 is 6.03 Å². The summed E-state index contributed by atoms with van der Waals surface area (Å²) in [7, 11) is 0. The average Bonchev–Trinajstić information content (AvgIpc) is 2.57. The third kappa shape index (κ3) is 2.13. The molecule has 0 spiro atoms. The van der Waals surface area contributed by atoms with Crippen molar-refractivity contribution in [2.45, 2.75) is 69.9 Å². The molecule has 0 radical (unpaired) electrons. The van der Waals surface area contributed by atoms with Gasteiger partial charge in [-0.3, -0.25) is 9.69 Å². The van der Waals surface area contributed by atoms with Crippen LogP contribution in [0.3, 0.4) is 0 Å². The Morgan fingerprint density at radius 3 is 2.33 bits per heavy atom. The number of amides is 3. The first kappa shape index (κ1) is 12.0. The van der Waals surface area contributed by atoms with Gasteiger partial charge in [0.25, 0.3) is 5.91 Å². The van der Waals surface area contributed by atoms with Crippen LogP contribution in [0.4, 0.5) is 4.79 Å². The van der Waals surface area contributed by atoms with Gasteiger partial charge in [-0.2, -0.15) is 0 Å². The van der Waals surface area contributed by atoms with Crippen molar-refractivity contribution in [2.24, 2.45) is 5.92 Å². The molecule has 0 bridgehead atoms. The number of hydrogen-bond acceptors (Lipinski definition) is 2. The lowest BCUT2D eigenvalue weighted by molar-refractivity contribution is -0.130. The SMILES string of the molecule is O=C1NC(CC2CCCCC2)C(=O)N1C1CCC1. The van der Waals surface area contributed by atoms with E-state index in [4.69, 9.17) is 0 Å². The lowest BCUT2D eigenvalue weighted by atomic mass is 9.84. The molecule has 1 atom stereocenters. The van der Waals surface area contributed by atoms with Crippen LogP contribution in [-0.4, -0.2) is 28.9 Å². The zero-order valence-corrected chi connectivity index (χ0v) is 10.9. The Labute approximate surface area is 108 Å². The first-order chi connectivity index (χ1) is 8.75. The summed E-state index contributed by atoms with van der Waals surface area (Å²) in [5.41, 5.74) is 0. The fourth-order valence-electron chi connectivity index (χ4n) is 3.45. The van der Waals surface area contributed by atoms with E-state index in [0.717, 1.165) is 25.7 Å². The fraction of sp³-hybridized carbons (Fsp3) is 0.857. The van der Waals surface area contributed by atoms with Crippen molar-refractivity contribution in [1.82, 2.24) is 10.2 Å². The second kappa shape index (κ2) is 4.90. The Morgan fingerprint density at radius 2 is 1.72 bits per heavy atom. The topological polar surface area (TPSA) is 49.4 Å². The quantitative estimate of drug-likeness (QED) is 0.782. The van der Waals surface area contributed by atoms with Gasteiger partial charge in [-0.25, -0.2) is 4.79 Å². The minimum Gasteiger partial charge on any atom is -0.326 e. The summed E-state index contributed by atoms with van der Waals surface area (Å²) in [6.07, 6.45) is 10.3. The van der Waals surface area contributed by atoms with E-state index in [-0.39, 0.29) is 24.0 Å². The molecule has 3 fully saturated rings. The Hall–Kier alpha value is -1.06. The van der Waals surface area contributed by atoms with E-state index in [0.29, 0.717) is 5.92 Å². The number of carbonyl (C=O) groups excluding carboxylic acids is 2. The molecule has 100 valence electrons. The monoisotopic (exact) mass is 250 g/mol. The van der Waals surface area contributed by atoms with Gasteiger partial charge in [-0.05, 0) is 31.6 Å². The summed E-state index contributed by atoms with van der Waals surface area (Å²) in [4.78, 5) is 25.6. The van der Waals surface area contributed by atoms with Crippen molar-refractivity contribution in [3.8, 4) is 0 Å². The van der Waals surface area contributed by atoms with Crippen LogP contribution in [0, 0.1) is 5.92 Å². The molecule has 0 aromatic heterocycles. The lowest BCUT2D eigenvalue weighted by Crippen LogP contribution is -2.44. The Morgan fingerprint density at radius 1 is 1.00 bits per heavy atom. The average molecular weight is 250 g/mol. The summed E-state index contributed by atoms with van der Waals surface area (Å²) in [5.74, 6) is 0.671. The summed E-state index contributed by atoms with van der Waals surface area (Å²) in [5, 5.41) is 2.89. The van der Waals surface area contributed by atoms with Gasteiger partial charge in [-0.1, -0.05) is 32.1 Å². The normalized spacial score (nSPS) is 30.4. The molecule has 0 aromatic carbocycles. The molecule has 3 rings (SSSR count). The molecular weight excluding hydrogens is 228 g/mol. The van der Waals surface area contributed by atoms with E-state index in [1.807, 2.05) is 0 Å². The third-order valence-corrected chi connectivity index (χ3v) is 4.79. The van der Waals surface area contributed by atoms with E-state index in [2.05, 4.69) is 5.32 Å². The summed E-state index contributed by atoms with van der Waals surface area (Å²) >= 11 is 0. The van der Waals surface area contributed by atoms with Gasteiger partial charge in [0, 0.05) is 6.04 Å². The molecule has 1 aliphatic heterocycles. The Bertz CT molecular complexity index is 346. The second-order valence-corrected chi connectivity index (χ2v) is 6.03. The van der Waals surface area contributed by atoms with Crippen molar-refractivity contribution in [3.05, 3.63) is 0 Å². The number of carbonyl (C=O) groups is 2. The maximum atomic E-state index is 12.3. The van der Waals surface area contributed by atoms with E-state index in [1.165, 1.54) is 37.0 Å². The number of rotatable bonds is 3. The van der Waals surface area contributed by atoms with Crippen LogP contribution in [-0.2, 0) is 4.79 Å². The van der Waals surface area contributed by atoms with Crippen LogP contribution in [0.25, 0.3) is 0 Å². The molecule has 1 heterocycles. The van der Waals surface area contributed by atoms with Gasteiger partial charge < -0.3 is 5.32 Å². The van der Waals surface area contributed by atoms with Crippen LogP contribution in [0.5, 0.6) is 0 Å². The maximum Gasteiger partial charge on any atom is 0.325 e. The standard InChI is InChI=1S/C14H22N2O2/c17-13-12(9-10-5-2-1-3-6-10)15-14(18)16(13)11-7-4-8-11/h10-12H,1-9H2,(H,15,18). The van der Waals surface area contributed by atoms with Crippen LogP contribution >= 0.6 is 0 Å². The molecule has 4 nitrogen and oxygen atoms in total. The minimum atomic E-state index is -0.235. The van der Waals surface area contributed by atoms with E-state index >= 15 is 0 Å². The van der Waals surface area contributed by atoms with Crippen LogP contribution in [0.2, 0.25) is 0 Å².